The monoisotopic (exact) mass is 306 g/mol. The molecule has 0 N–H and O–H groups in total. The summed E-state index contributed by atoms with van der Waals surface area (Å²) in [6.45, 7) is 4.35. The highest BCUT2D eigenvalue weighted by Gasteiger charge is 2.09. The van der Waals surface area contributed by atoms with Crippen molar-refractivity contribution in [2.24, 2.45) is 0 Å². The molecule has 0 aliphatic carbocycles. The maximum atomic E-state index is 11.4. The van der Waals surface area contributed by atoms with Crippen LogP contribution in [-0.4, -0.2) is 12.8 Å². The number of hydrogen-bond donors (Lipinski definition) is 0. The van der Waals surface area contributed by atoms with Crippen LogP contribution in [-0.2, 0) is 11.2 Å². The lowest BCUT2D eigenvalue weighted by molar-refractivity contribution is 0.104. The molecule has 0 aromatic heterocycles. The van der Waals surface area contributed by atoms with Gasteiger partial charge in [0.25, 0.3) is 0 Å². The number of carbonyl (C=O) groups is 1. The van der Waals surface area contributed by atoms with E-state index < -0.39 is 6.16 Å². The van der Waals surface area contributed by atoms with E-state index in [0.717, 1.165) is 18.4 Å². The third-order valence-corrected chi connectivity index (χ3v) is 3.73. The van der Waals surface area contributed by atoms with Crippen molar-refractivity contribution in [3.8, 4) is 5.75 Å². The van der Waals surface area contributed by atoms with Crippen LogP contribution in [0.5, 0.6) is 5.75 Å². The molecule has 0 spiro atoms. The van der Waals surface area contributed by atoms with Crippen LogP contribution in [0, 0.1) is 0 Å². The van der Waals surface area contributed by atoms with E-state index in [2.05, 4.69) is 6.92 Å². The zero-order valence-corrected chi connectivity index (χ0v) is 14.1. The Morgan fingerprint density at radius 2 is 1.55 bits per heavy atom. The van der Waals surface area contributed by atoms with E-state index in [0.29, 0.717) is 12.4 Å². The largest absolute Gasteiger partial charge is 0.513 e. The number of rotatable bonds is 11. The van der Waals surface area contributed by atoms with Crippen molar-refractivity contribution in [2.45, 2.75) is 71.6 Å². The number of carbonyl (C=O) groups excluding carboxylic acids is 1. The number of unbranched alkanes of at least 4 members (excludes halogenated alkanes) is 7. The van der Waals surface area contributed by atoms with E-state index in [1.807, 2.05) is 24.3 Å². The molecule has 3 nitrogen and oxygen atoms in total. The standard InChI is InChI=1S/C19H30O3/c1-3-5-6-7-8-9-10-11-14-17-15-12-13-16-18(17)22-19(20)21-4-2/h12-13,15-16H,3-11,14H2,1-2H3. The predicted octanol–water partition coefficient (Wildman–Crippen LogP) is 5.91. The SMILES string of the molecule is CCCCCCCCCCc1ccccc1OC(=O)OCC. The van der Waals surface area contributed by atoms with Gasteiger partial charge < -0.3 is 9.47 Å². The van der Waals surface area contributed by atoms with Gasteiger partial charge in [-0.05, 0) is 31.4 Å². The molecule has 0 saturated heterocycles. The number of benzene rings is 1. The van der Waals surface area contributed by atoms with Crippen molar-refractivity contribution in [1.82, 2.24) is 0 Å². The minimum absolute atomic E-state index is 0.332. The van der Waals surface area contributed by atoms with E-state index in [1.165, 1.54) is 44.9 Å². The van der Waals surface area contributed by atoms with E-state index >= 15 is 0 Å². The van der Waals surface area contributed by atoms with Gasteiger partial charge in [0.2, 0.25) is 0 Å². The molecule has 1 rings (SSSR count). The summed E-state index contributed by atoms with van der Waals surface area (Å²) < 4.78 is 10.1. The van der Waals surface area contributed by atoms with Crippen molar-refractivity contribution in [1.29, 1.82) is 0 Å². The van der Waals surface area contributed by atoms with Crippen molar-refractivity contribution in [3.05, 3.63) is 29.8 Å². The topological polar surface area (TPSA) is 35.5 Å². The number of hydrogen-bond acceptors (Lipinski definition) is 3. The number of ether oxygens (including phenoxy) is 2. The lowest BCUT2D eigenvalue weighted by atomic mass is 10.0. The van der Waals surface area contributed by atoms with Gasteiger partial charge in [-0.3, -0.25) is 0 Å². The van der Waals surface area contributed by atoms with Crippen LogP contribution in [0.2, 0.25) is 0 Å². The molecule has 0 aliphatic heterocycles. The first-order valence-corrected chi connectivity index (χ1v) is 8.70. The molecule has 0 radical (unpaired) electrons. The molecule has 3 heteroatoms. The van der Waals surface area contributed by atoms with Gasteiger partial charge >= 0.3 is 6.16 Å². The molecule has 0 fully saturated rings. The Labute approximate surface area is 135 Å². The van der Waals surface area contributed by atoms with Crippen molar-refractivity contribution in [2.75, 3.05) is 6.61 Å². The van der Waals surface area contributed by atoms with Gasteiger partial charge in [-0.2, -0.15) is 0 Å². The molecule has 0 atom stereocenters. The minimum atomic E-state index is -0.620. The van der Waals surface area contributed by atoms with Crippen LogP contribution in [0.25, 0.3) is 0 Å². The lowest BCUT2D eigenvalue weighted by Gasteiger charge is -2.09. The molecular weight excluding hydrogens is 276 g/mol. The summed E-state index contributed by atoms with van der Waals surface area (Å²) in [5, 5.41) is 0. The molecule has 0 saturated carbocycles. The maximum absolute atomic E-state index is 11.4. The molecule has 0 aliphatic rings. The molecule has 0 amide bonds. The second-order valence-electron chi connectivity index (χ2n) is 5.62. The fraction of sp³-hybridized carbons (Fsp3) is 0.632. The van der Waals surface area contributed by atoms with Gasteiger partial charge in [0.15, 0.2) is 0 Å². The molecule has 0 heterocycles. The van der Waals surface area contributed by atoms with Gasteiger partial charge in [0.05, 0.1) is 6.61 Å². The molecular formula is C19H30O3. The fourth-order valence-corrected chi connectivity index (χ4v) is 2.50. The average Bonchev–Trinajstić information content (AvgIpc) is 2.51. The van der Waals surface area contributed by atoms with Crippen LogP contribution in [0.3, 0.4) is 0 Å². The lowest BCUT2D eigenvalue weighted by Crippen LogP contribution is -2.11. The van der Waals surface area contributed by atoms with Crippen LogP contribution < -0.4 is 4.74 Å². The van der Waals surface area contributed by atoms with Crippen LogP contribution in [0.1, 0.15) is 70.8 Å². The maximum Gasteiger partial charge on any atom is 0.513 e. The summed E-state index contributed by atoms with van der Waals surface area (Å²) in [5.74, 6) is 0.629. The summed E-state index contributed by atoms with van der Waals surface area (Å²) in [4.78, 5) is 11.4. The Balaban J connectivity index is 2.26. The van der Waals surface area contributed by atoms with Gasteiger partial charge in [-0.1, -0.05) is 70.1 Å². The highest BCUT2D eigenvalue weighted by molar-refractivity contribution is 5.64. The first kappa shape index (κ1) is 18.5. The smallest absolute Gasteiger partial charge is 0.434 e. The highest BCUT2D eigenvalue weighted by atomic mass is 16.7. The second-order valence-corrected chi connectivity index (χ2v) is 5.62. The molecule has 0 unspecified atom stereocenters. The number of para-hydroxylation sites is 1. The van der Waals surface area contributed by atoms with Gasteiger partial charge in [-0.15, -0.1) is 0 Å². The summed E-state index contributed by atoms with van der Waals surface area (Å²) in [6, 6.07) is 7.72. The molecule has 1 aromatic carbocycles. The van der Waals surface area contributed by atoms with E-state index in [9.17, 15) is 4.79 Å². The van der Waals surface area contributed by atoms with Crippen molar-refractivity contribution in [3.63, 3.8) is 0 Å². The van der Waals surface area contributed by atoms with Crippen LogP contribution in [0.15, 0.2) is 24.3 Å². The molecule has 124 valence electrons. The van der Waals surface area contributed by atoms with Gasteiger partial charge in [-0.25, -0.2) is 4.79 Å². The van der Waals surface area contributed by atoms with Crippen molar-refractivity contribution < 1.29 is 14.3 Å². The zero-order chi connectivity index (χ0) is 16.0. The highest BCUT2D eigenvalue weighted by Crippen LogP contribution is 2.21. The Morgan fingerprint density at radius 1 is 0.909 bits per heavy atom. The van der Waals surface area contributed by atoms with Crippen LogP contribution >= 0.6 is 0 Å². The molecule has 1 aromatic rings. The Bertz CT molecular complexity index is 415. The second kappa shape index (κ2) is 12.1. The van der Waals surface area contributed by atoms with E-state index in [-0.39, 0.29) is 0 Å². The Kier molecular flexibility index (Phi) is 10.2. The average molecular weight is 306 g/mol. The van der Waals surface area contributed by atoms with Crippen molar-refractivity contribution >= 4 is 6.16 Å². The van der Waals surface area contributed by atoms with Gasteiger partial charge in [0.1, 0.15) is 5.75 Å². The fourth-order valence-electron chi connectivity index (χ4n) is 2.50. The third kappa shape index (κ3) is 8.06. The minimum Gasteiger partial charge on any atom is -0.434 e. The molecule has 22 heavy (non-hydrogen) atoms. The van der Waals surface area contributed by atoms with Gasteiger partial charge in [0, 0.05) is 0 Å². The Hall–Kier alpha value is -1.51. The van der Waals surface area contributed by atoms with E-state index in [1.54, 1.807) is 6.92 Å². The zero-order valence-electron chi connectivity index (χ0n) is 14.1. The predicted molar refractivity (Wildman–Crippen MR) is 90.4 cm³/mol. The first-order valence-electron chi connectivity index (χ1n) is 8.70. The summed E-state index contributed by atoms with van der Waals surface area (Å²) in [5.41, 5.74) is 1.08. The normalized spacial score (nSPS) is 10.5. The Morgan fingerprint density at radius 3 is 2.23 bits per heavy atom. The molecule has 0 bridgehead atoms. The summed E-state index contributed by atoms with van der Waals surface area (Å²) in [6.07, 6.45) is 10.7. The quantitative estimate of drug-likeness (QED) is 0.290. The van der Waals surface area contributed by atoms with E-state index in [4.69, 9.17) is 9.47 Å². The first-order chi connectivity index (χ1) is 10.8. The summed E-state index contributed by atoms with van der Waals surface area (Å²) >= 11 is 0. The third-order valence-electron chi connectivity index (χ3n) is 3.73. The number of aryl methyl sites for hydroxylation is 1. The van der Waals surface area contributed by atoms with Crippen LogP contribution in [0.4, 0.5) is 4.79 Å². The summed E-state index contributed by atoms with van der Waals surface area (Å²) in [7, 11) is 0.